The number of unbranched alkanes of at least 4 members (excludes halogenated alkanes) is 1. The van der Waals surface area contributed by atoms with Crippen LogP contribution in [0.3, 0.4) is 0 Å². The van der Waals surface area contributed by atoms with Crippen LogP contribution in [0.25, 0.3) is 0 Å². The van der Waals surface area contributed by atoms with E-state index in [-0.39, 0.29) is 0 Å². The molecule has 19 heavy (non-hydrogen) atoms. The summed E-state index contributed by atoms with van der Waals surface area (Å²) in [6.07, 6.45) is 10.2. The van der Waals surface area contributed by atoms with E-state index in [1.54, 1.807) is 0 Å². The molecule has 1 aliphatic carbocycles. The Kier molecular flexibility index (Phi) is 8.72. The van der Waals surface area contributed by atoms with Crippen molar-refractivity contribution in [2.45, 2.75) is 71.8 Å². The highest BCUT2D eigenvalue weighted by atomic mass is 15.1. The summed E-state index contributed by atoms with van der Waals surface area (Å²) in [5, 5.41) is 3.73. The van der Waals surface area contributed by atoms with E-state index in [9.17, 15) is 0 Å². The molecule has 0 bridgehead atoms. The van der Waals surface area contributed by atoms with Gasteiger partial charge in [-0.15, -0.1) is 0 Å². The number of rotatable bonds is 9. The molecule has 1 saturated carbocycles. The number of likely N-dealkylation sites (N-methyl/N-ethyl adjacent to an activating group) is 1. The zero-order chi connectivity index (χ0) is 14.1. The van der Waals surface area contributed by atoms with Crippen molar-refractivity contribution in [1.29, 1.82) is 0 Å². The van der Waals surface area contributed by atoms with E-state index in [2.05, 4.69) is 38.0 Å². The van der Waals surface area contributed by atoms with Crippen molar-refractivity contribution in [3.05, 3.63) is 0 Å². The lowest BCUT2D eigenvalue weighted by Crippen LogP contribution is -2.40. The number of hydrogen-bond acceptors (Lipinski definition) is 2. The minimum absolute atomic E-state index is 0.628. The topological polar surface area (TPSA) is 15.3 Å². The first-order chi connectivity index (χ1) is 9.15. The molecule has 0 aromatic rings. The molecule has 1 aliphatic rings. The van der Waals surface area contributed by atoms with Gasteiger partial charge in [0.1, 0.15) is 0 Å². The maximum absolute atomic E-state index is 3.73. The van der Waals surface area contributed by atoms with Gasteiger partial charge < -0.3 is 10.2 Å². The van der Waals surface area contributed by atoms with Crippen LogP contribution in [0.15, 0.2) is 0 Å². The van der Waals surface area contributed by atoms with Crippen LogP contribution in [0.4, 0.5) is 0 Å². The van der Waals surface area contributed by atoms with Crippen molar-refractivity contribution < 1.29 is 0 Å². The molecule has 0 amide bonds. The molecule has 0 aromatic heterocycles. The van der Waals surface area contributed by atoms with Crippen LogP contribution in [-0.4, -0.2) is 37.6 Å². The van der Waals surface area contributed by atoms with Crippen LogP contribution in [0.5, 0.6) is 0 Å². The Morgan fingerprint density at radius 3 is 2.32 bits per heavy atom. The second-order valence-electron chi connectivity index (χ2n) is 6.69. The molecular weight excluding hydrogens is 232 g/mol. The zero-order valence-electron chi connectivity index (χ0n) is 13.8. The maximum Gasteiger partial charge on any atom is 0.0166 e. The van der Waals surface area contributed by atoms with Gasteiger partial charge in [-0.2, -0.15) is 0 Å². The maximum atomic E-state index is 3.73. The van der Waals surface area contributed by atoms with Crippen LogP contribution in [-0.2, 0) is 0 Å². The zero-order valence-corrected chi connectivity index (χ0v) is 13.8. The third-order valence-electron chi connectivity index (χ3n) is 4.81. The fourth-order valence-corrected chi connectivity index (χ4v) is 3.25. The molecule has 2 heteroatoms. The van der Waals surface area contributed by atoms with Crippen LogP contribution >= 0.6 is 0 Å². The van der Waals surface area contributed by atoms with E-state index in [0.29, 0.717) is 6.04 Å². The number of hydrogen-bond donors (Lipinski definition) is 1. The van der Waals surface area contributed by atoms with Gasteiger partial charge in [0.25, 0.3) is 0 Å². The van der Waals surface area contributed by atoms with Gasteiger partial charge in [0, 0.05) is 12.6 Å². The predicted molar refractivity (Wildman–Crippen MR) is 85.6 cm³/mol. The first kappa shape index (κ1) is 17.0. The monoisotopic (exact) mass is 268 g/mol. The highest BCUT2D eigenvalue weighted by Crippen LogP contribution is 2.31. The summed E-state index contributed by atoms with van der Waals surface area (Å²) in [5.41, 5.74) is 0. The van der Waals surface area contributed by atoms with Gasteiger partial charge in [0.05, 0.1) is 0 Å². The van der Waals surface area contributed by atoms with Crippen molar-refractivity contribution in [2.75, 3.05) is 26.7 Å². The molecule has 0 spiro atoms. The summed E-state index contributed by atoms with van der Waals surface area (Å²) in [6, 6.07) is 0.628. The lowest BCUT2D eigenvalue weighted by atomic mass is 9.80. The van der Waals surface area contributed by atoms with E-state index in [1.165, 1.54) is 58.0 Å². The van der Waals surface area contributed by atoms with E-state index in [0.717, 1.165) is 18.4 Å². The molecule has 0 radical (unpaired) electrons. The average molecular weight is 268 g/mol. The van der Waals surface area contributed by atoms with Crippen LogP contribution in [0, 0.1) is 11.8 Å². The SMILES string of the molecule is CCCCC1CCC(CNC(C)CN(C)CC)CC1. The van der Waals surface area contributed by atoms with Crippen LogP contribution < -0.4 is 5.32 Å². The van der Waals surface area contributed by atoms with Gasteiger partial charge in [-0.1, -0.05) is 46.0 Å². The normalized spacial score (nSPS) is 25.7. The van der Waals surface area contributed by atoms with Crippen molar-refractivity contribution >= 4 is 0 Å². The minimum Gasteiger partial charge on any atom is -0.313 e. The fraction of sp³-hybridized carbons (Fsp3) is 1.00. The Morgan fingerprint density at radius 1 is 1.11 bits per heavy atom. The molecule has 2 nitrogen and oxygen atoms in total. The molecule has 1 fully saturated rings. The molecule has 0 saturated heterocycles. The molecule has 1 atom stereocenters. The summed E-state index contributed by atoms with van der Waals surface area (Å²) < 4.78 is 0. The van der Waals surface area contributed by atoms with Crippen molar-refractivity contribution in [1.82, 2.24) is 10.2 Å². The molecule has 0 aliphatic heterocycles. The Balaban J connectivity index is 2.08. The van der Waals surface area contributed by atoms with E-state index < -0.39 is 0 Å². The molecule has 0 aromatic carbocycles. The molecule has 0 heterocycles. The third kappa shape index (κ3) is 7.31. The molecule has 114 valence electrons. The van der Waals surface area contributed by atoms with E-state index in [4.69, 9.17) is 0 Å². The van der Waals surface area contributed by atoms with E-state index in [1.807, 2.05) is 0 Å². The van der Waals surface area contributed by atoms with Crippen molar-refractivity contribution in [3.8, 4) is 0 Å². The molecular formula is C17H36N2. The molecule has 1 unspecified atom stereocenters. The number of nitrogens with zero attached hydrogens (tertiary/aromatic N) is 1. The quantitative estimate of drug-likeness (QED) is 0.682. The highest BCUT2D eigenvalue weighted by molar-refractivity contribution is 4.76. The van der Waals surface area contributed by atoms with Crippen LogP contribution in [0.2, 0.25) is 0 Å². The fourth-order valence-electron chi connectivity index (χ4n) is 3.25. The summed E-state index contributed by atoms with van der Waals surface area (Å²) in [4.78, 5) is 2.39. The molecule has 1 rings (SSSR count). The lowest BCUT2D eigenvalue weighted by molar-refractivity contribution is 0.240. The first-order valence-electron chi connectivity index (χ1n) is 8.57. The van der Waals surface area contributed by atoms with Gasteiger partial charge in [-0.05, 0) is 51.7 Å². The highest BCUT2D eigenvalue weighted by Gasteiger charge is 2.20. The molecule has 1 N–H and O–H groups in total. The first-order valence-corrected chi connectivity index (χ1v) is 8.57. The van der Waals surface area contributed by atoms with Gasteiger partial charge in [-0.25, -0.2) is 0 Å². The summed E-state index contributed by atoms with van der Waals surface area (Å²) in [7, 11) is 2.21. The number of nitrogens with one attached hydrogen (secondary N) is 1. The van der Waals surface area contributed by atoms with Gasteiger partial charge in [-0.3, -0.25) is 0 Å². The summed E-state index contributed by atoms with van der Waals surface area (Å²) in [6.45, 7) is 10.4. The van der Waals surface area contributed by atoms with Crippen LogP contribution in [0.1, 0.15) is 65.7 Å². The largest absolute Gasteiger partial charge is 0.313 e. The van der Waals surface area contributed by atoms with Gasteiger partial charge >= 0.3 is 0 Å². The van der Waals surface area contributed by atoms with E-state index >= 15 is 0 Å². The van der Waals surface area contributed by atoms with Crippen molar-refractivity contribution in [3.63, 3.8) is 0 Å². The second-order valence-corrected chi connectivity index (χ2v) is 6.69. The Bertz CT molecular complexity index is 209. The average Bonchev–Trinajstić information content (AvgIpc) is 2.43. The van der Waals surface area contributed by atoms with Crippen molar-refractivity contribution in [2.24, 2.45) is 11.8 Å². The third-order valence-corrected chi connectivity index (χ3v) is 4.81. The standard InChI is InChI=1S/C17H36N2/c1-5-7-8-16-9-11-17(12-10-16)13-18-15(3)14-19(4)6-2/h15-18H,5-14H2,1-4H3. The summed E-state index contributed by atoms with van der Waals surface area (Å²) in [5.74, 6) is 1.98. The minimum atomic E-state index is 0.628. The predicted octanol–water partition coefficient (Wildman–Crippen LogP) is 3.91. The smallest absolute Gasteiger partial charge is 0.0166 e. The lowest BCUT2D eigenvalue weighted by Gasteiger charge is -2.30. The summed E-state index contributed by atoms with van der Waals surface area (Å²) >= 11 is 0. The second kappa shape index (κ2) is 9.77. The van der Waals surface area contributed by atoms with Gasteiger partial charge in [0.15, 0.2) is 0 Å². The van der Waals surface area contributed by atoms with Gasteiger partial charge in [0.2, 0.25) is 0 Å². The Morgan fingerprint density at radius 2 is 1.74 bits per heavy atom. The Labute approximate surface area is 121 Å². The Hall–Kier alpha value is -0.0800.